The highest BCUT2D eigenvalue weighted by Gasteiger charge is 2.29. The minimum absolute atomic E-state index is 0.142. The van der Waals surface area contributed by atoms with Crippen molar-refractivity contribution < 1.29 is 14.3 Å². The average molecular weight is 408 g/mol. The molecule has 0 radical (unpaired) electrons. The van der Waals surface area contributed by atoms with E-state index in [2.05, 4.69) is 6.07 Å². The fourth-order valence-electron chi connectivity index (χ4n) is 3.71. The molecular weight excluding hydrogens is 386 g/mol. The van der Waals surface area contributed by atoms with Crippen molar-refractivity contribution >= 4 is 17.7 Å². The lowest BCUT2D eigenvalue weighted by atomic mass is 10.0. The van der Waals surface area contributed by atoms with Crippen LogP contribution in [0.3, 0.4) is 0 Å². The van der Waals surface area contributed by atoms with Crippen LogP contribution < -0.4 is 4.74 Å². The maximum Gasteiger partial charge on any atom is 0.409 e. The molecule has 1 unspecified atom stereocenters. The minimum atomic E-state index is -0.361. The number of benzene rings is 3. The predicted octanol–water partition coefficient (Wildman–Crippen LogP) is 5.58. The van der Waals surface area contributed by atoms with Gasteiger partial charge in [0, 0.05) is 29.1 Å². The van der Waals surface area contributed by atoms with Gasteiger partial charge in [0.1, 0.15) is 11.9 Å². The van der Waals surface area contributed by atoms with E-state index in [1.807, 2.05) is 66.7 Å². The number of halogens is 1. The van der Waals surface area contributed by atoms with Gasteiger partial charge in [0.25, 0.3) is 0 Å². The van der Waals surface area contributed by atoms with Crippen LogP contribution in [0.25, 0.3) is 11.1 Å². The van der Waals surface area contributed by atoms with Gasteiger partial charge in [-0.2, -0.15) is 0 Å². The number of nitrogens with zero attached hydrogens (tertiary/aromatic N) is 1. The zero-order valence-electron chi connectivity index (χ0n) is 16.2. The second-order valence-corrected chi connectivity index (χ2v) is 7.46. The number of carbonyl (C=O) groups is 1. The number of ether oxygens (including phenoxy) is 2. The van der Waals surface area contributed by atoms with Crippen LogP contribution in [0.4, 0.5) is 4.79 Å². The van der Waals surface area contributed by atoms with Crippen molar-refractivity contribution in [2.45, 2.75) is 19.1 Å². The van der Waals surface area contributed by atoms with Crippen molar-refractivity contribution in [2.24, 2.45) is 0 Å². The molecule has 0 aliphatic carbocycles. The smallest absolute Gasteiger partial charge is 0.409 e. The monoisotopic (exact) mass is 407 g/mol. The lowest BCUT2D eigenvalue weighted by Crippen LogP contribution is -2.38. The van der Waals surface area contributed by atoms with Crippen molar-refractivity contribution in [2.75, 3.05) is 13.7 Å². The number of rotatable bonds is 5. The Hall–Kier alpha value is -2.98. The minimum Gasteiger partial charge on any atom is -0.487 e. The normalized spacial score (nSPS) is 14.8. The molecule has 148 valence electrons. The Bertz CT molecular complexity index is 1010. The summed E-state index contributed by atoms with van der Waals surface area (Å²) in [6, 6.07) is 23.7. The molecule has 3 aromatic carbocycles. The highest BCUT2D eigenvalue weighted by molar-refractivity contribution is 6.33. The van der Waals surface area contributed by atoms with Crippen LogP contribution in [-0.4, -0.2) is 30.8 Å². The first-order valence-corrected chi connectivity index (χ1v) is 9.93. The van der Waals surface area contributed by atoms with Crippen LogP contribution >= 0.6 is 11.6 Å². The van der Waals surface area contributed by atoms with Crippen LogP contribution in [0.1, 0.15) is 11.1 Å². The quantitative estimate of drug-likeness (QED) is 0.554. The molecule has 0 bridgehead atoms. The summed E-state index contributed by atoms with van der Waals surface area (Å²) in [5.41, 5.74) is 4.09. The number of methoxy groups -OCH3 is 1. The molecule has 0 saturated heterocycles. The van der Waals surface area contributed by atoms with E-state index in [4.69, 9.17) is 21.1 Å². The van der Waals surface area contributed by atoms with E-state index in [0.29, 0.717) is 18.1 Å². The number of amides is 1. The summed E-state index contributed by atoms with van der Waals surface area (Å²) in [5, 5.41) is 0.688. The summed E-state index contributed by atoms with van der Waals surface area (Å²) in [4.78, 5) is 14.0. The maximum atomic E-state index is 12.3. The SMILES string of the molecule is COC(=O)N(Cc1ccccc1)CC1Cc2cccc(-c3ccccc3Cl)c2O1. The molecule has 1 amide bonds. The fraction of sp³-hybridized carbons (Fsp3) is 0.208. The highest BCUT2D eigenvalue weighted by Crippen LogP contribution is 2.41. The Morgan fingerprint density at radius 3 is 2.52 bits per heavy atom. The van der Waals surface area contributed by atoms with E-state index in [9.17, 15) is 4.79 Å². The second-order valence-electron chi connectivity index (χ2n) is 7.05. The van der Waals surface area contributed by atoms with Crippen LogP contribution in [0, 0.1) is 0 Å². The number of para-hydroxylation sites is 1. The topological polar surface area (TPSA) is 38.8 Å². The zero-order chi connectivity index (χ0) is 20.2. The molecule has 4 rings (SSSR count). The first-order chi connectivity index (χ1) is 14.2. The van der Waals surface area contributed by atoms with Gasteiger partial charge >= 0.3 is 6.09 Å². The molecule has 0 aromatic heterocycles. The summed E-state index contributed by atoms with van der Waals surface area (Å²) in [6.45, 7) is 0.916. The van der Waals surface area contributed by atoms with Gasteiger partial charge in [-0.3, -0.25) is 0 Å². The Balaban J connectivity index is 1.55. The van der Waals surface area contributed by atoms with Crippen molar-refractivity contribution in [3.05, 3.63) is 88.9 Å². The van der Waals surface area contributed by atoms with Gasteiger partial charge in [-0.05, 0) is 17.2 Å². The van der Waals surface area contributed by atoms with Crippen LogP contribution in [0.5, 0.6) is 5.75 Å². The molecule has 1 heterocycles. The van der Waals surface area contributed by atoms with Crippen LogP contribution in [0.15, 0.2) is 72.8 Å². The van der Waals surface area contributed by atoms with E-state index in [1.54, 1.807) is 4.90 Å². The lowest BCUT2D eigenvalue weighted by Gasteiger charge is -2.24. The van der Waals surface area contributed by atoms with Gasteiger partial charge < -0.3 is 14.4 Å². The van der Waals surface area contributed by atoms with Gasteiger partial charge in [-0.15, -0.1) is 0 Å². The maximum absolute atomic E-state index is 12.3. The van der Waals surface area contributed by atoms with E-state index in [1.165, 1.54) is 7.11 Å². The molecule has 0 fully saturated rings. The first kappa shape index (κ1) is 19.3. The summed E-state index contributed by atoms with van der Waals surface area (Å²) < 4.78 is 11.3. The third-order valence-electron chi connectivity index (χ3n) is 5.07. The van der Waals surface area contributed by atoms with Crippen LogP contribution in [-0.2, 0) is 17.7 Å². The van der Waals surface area contributed by atoms with Crippen molar-refractivity contribution in [3.63, 3.8) is 0 Å². The van der Waals surface area contributed by atoms with E-state index in [0.717, 1.165) is 34.4 Å². The lowest BCUT2D eigenvalue weighted by molar-refractivity contribution is 0.0974. The standard InChI is InChI=1S/C24H22ClNO3/c1-28-24(27)26(15-17-8-3-2-4-9-17)16-19-14-18-10-7-12-21(23(18)29-19)20-11-5-6-13-22(20)25/h2-13,19H,14-16H2,1H3. The average Bonchev–Trinajstić information content (AvgIpc) is 3.16. The van der Waals surface area contributed by atoms with Gasteiger partial charge in [0.05, 0.1) is 13.7 Å². The third-order valence-corrected chi connectivity index (χ3v) is 5.40. The molecule has 4 nitrogen and oxygen atoms in total. The summed E-state index contributed by atoms with van der Waals surface area (Å²) in [6.07, 6.45) is 0.229. The van der Waals surface area contributed by atoms with Gasteiger partial charge in [-0.25, -0.2) is 4.79 Å². The molecule has 29 heavy (non-hydrogen) atoms. The second kappa shape index (κ2) is 8.58. The fourth-order valence-corrected chi connectivity index (χ4v) is 3.95. The number of fused-ring (bicyclic) bond motifs is 1. The Labute approximate surface area is 175 Å². The summed E-state index contributed by atoms with van der Waals surface area (Å²) in [7, 11) is 1.40. The molecule has 1 atom stereocenters. The molecule has 3 aromatic rings. The number of carbonyl (C=O) groups excluding carboxylic acids is 1. The molecule has 0 saturated carbocycles. The molecule has 0 spiro atoms. The molecule has 1 aliphatic heterocycles. The van der Waals surface area contributed by atoms with Gasteiger partial charge in [0.15, 0.2) is 0 Å². The molecular formula is C24H22ClNO3. The third kappa shape index (κ3) is 4.22. The summed E-state index contributed by atoms with van der Waals surface area (Å²) >= 11 is 6.41. The van der Waals surface area contributed by atoms with Crippen molar-refractivity contribution in [1.29, 1.82) is 0 Å². The number of hydrogen-bond acceptors (Lipinski definition) is 3. The van der Waals surface area contributed by atoms with E-state index in [-0.39, 0.29) is 12.2 Å². The molecule has 5 heteroatoms. The van der Waals surface area contributed by atoms with Gasteiger partial charge in [0.2, 0.25) is 0 Å². The zero-order valence-corrected chi connectivity index (χ0v) is 16.9. The highest BCUT2D eigenvalue weighted by atomic mass is 35.5. The van der Waals surface area contributed by atoms with Crippen molar-refractivity contribution in [3.8, 4) is 16.9 Å². The Morgan fingerprint density at radius 1 is 1.03 bits per heavy atom. The Morgan fingerprint density at radius 2 is 1.76 bits per heavy atom. The van der Waals surface area contributed by atoms with Gasteiger partial charge in [-0.1, -0.05) is 78.3 Å². The van der Waals surface area contributed by atoms with E-state index < -0.39 is 0 Å². The molecule has 1 aliphatic rings. The number of hydrogen-bond donors (Lipinski definition) is 0. The Kier molecular flexibility index (Phi) is 5.72. The van der Waals surface area contributed by atoms with Crippen molar-refractivity contribution in [1.82, 2.24) is 4.90 Å². The largest absolute Gasteiger partial charge is 0.487 e. The summed E-state index contributed by atoms with van der Waals surface area (Å²) in [5.74, 6) is 0.843. The molecule has 0 N–H and O–H groups in total. The van der Waals surface area contributed by atoms with Crippen LogP contribution in [0.2, 0.25) is 5.02 Å². The van der Waals surface area contributed by atoms with E-state index >= 15 is 0 Å². The first-order valence-electron chi connectivity index (χ1n) is 9.56. The predicted molar refractivity (Wildman–Crippen MR) is 114 cm³/mol.